The summed E-state index contributed by atoms with van der Waals surface area (Å²) in [7, 11) is 3.28. The maximum absolute atomic E-state index is 12.7. The first-order valence-electron chi connectivity index (χ1n) is 8.03. The molecule has 1 saturated heterocycles. The molecule has 1 atom stereocenters. The van der Waals surface area contributed by atoms with E-state index in [1.807, 2.05) is 53.4 Å². The second kappa shape index (κ2) is 8.54. The zero-order valence-corrected chi connectivity index (χ0v) is 15.9. The Balaban J connectivity index is 1.72. The van der Waals surface area contributed by atoms with Crippen molar-refractivity contribution in [3.8, 4) is 11.5 Å². The van der Waals surface area contributed by atoms with E-state index in [2.05, 4.69) is 0 Å². The van der Waals surface area contributed by atoms with Gasteiger partial charge < -0.3 is 14.4 Å². The number of benzene rings is 2. The van der Waals surface area contributed by atoms with Crippen molar-refractivity contribution in [3.63, 3.8) is 0 Å². The molecule has 0 saturated carbocycles. The fourth-order valence-electron chi connectivity index (χ4n) is 2.72. The monoisotopic (exact) mass is 375 g/mol. The standard InChI is InChI=1S/C19H21NO3S2/c1-22-15-10-14(11-16(12-15)23-2)19-20(8-9-24-19)18(21)13-25-17-6-4-3-5-7-17/h3-7,10-12,19H,8-9,13H2,1-2H3. The van der Waals surface area contributed by atoms with Crippen molar-refractivity contribution in [2.75, 3.05) is 32.3 Å². The molecule has 132 valence electrons. The van der Waals surface area contributed by atoms with Crippen molar-refractivity contribution in [3.05, 3.63) is 54.1 Å². The summed E-state index contributed by atoms with van der Waals surface area (Å²) in [6, 6.07) is 15.8. The Bertz CT molecular complexity index is 702. The molecule has 1 amide bonds. The lowest BCUT2D eigenvalue weighted by Gasteiger charge is -2.24. The van der Waals surface area contributed by atoms with Crippen LogP contribution < -0.4 is 9.47 Å². The van der Waals surface area contributed by atoms with E-state index in [1.54, 1.807) is 37.7 Å². The molecule has 0 aromatic heterocycles. The molecule has 2 aromatic carbocycles. The summed E-state index contributed by atoms with van der Waals surface area (Å²) in [6.45, 7) is 0.767. The molecule has 1 aliphatic heterocycles. The van der Waals surface area contributed by atoms with Crippen LogP contribution in [-0.2, 0) is 4.79 Å². The number of thioether (sulfide) groups is 2. The minimum absolute atomic E-state index is 0.00729. The zero-order chi connectivity index (χ0) is 17.6. The van der Waals surface area contributed by atoms with Crippen LogP contribution >= 0.6 is 23.5 Å². The molecule has 25 heavy (non-hydrogen) atoms. The van der Waals surface area contributed by atoms with Gasteiger partial charge in [-0.2, -0.15) is 0 Å². The van der Waals surface area contributed by atoms with Gasteiger partial charge in [-0.1, -0.05) is 18.2 Å². The van der Waals surface area contributed by atoms with E-state index in [9.17, 15) is 4.79 Å². The van der Waals surface area contributed by atoms with Gasteiger partial charge in [-0.3, -0.25) is 4.79 Å². The molecular weight excluding hydrogens is 354 g/mol. The van der Waals surface area contributed by atoms with Crippen molar-refractivity contribution >= 4 is 29.4 Å². The summed E-state index contributed by atoms with van der Waals surface area (Å²) < 4.78 is 10.7. The fraction of sp³-hybridized carbons (Fsp3) is 0.316. The van der Waals surface area contributed by atoms with Crippen LogP contribution in [0.2, 0.25) is 0 Å². The second-order valence-electron chi connectivity index (χ2n) is 5.56. The number of hydrogen-bond acceptors (Lipinski definition) is 5. The van der Waals surface area contributed by atoms with E-state index in [-0.39, 0.29) is 11.3 Å². The molecule has 2 aromatic rings. The molecule has 1 aliphatic rings. The smallest absolute Gasteiger partial charge is 0.234 e. The van der Waals surface area contributed by atoms with E-state index >= 15 is 0 Å². The normalized spacial score (nSPS) is 16.7. The first-order chi connectivity index (χ1) is 12.2. The third-order valence-electron chi connectivity index (χ3n) is 3.98. The molecule has 1 unspecified atom stereocenters. The largest absolute Gasteiger partial charge is 0.497 e. The van der Waals surface area contributed by atoms with Gasteiger partial charge in [0, 0.05) is 23.3 Å². The lowest BCUT2D eigenvalue weighted by atomic mass is 10.2. The molecule has 4 nitrogen and oxygen atoms in total. The van der Waals surface area contributed by atoms with Crippen molar-refractivity contribution in [1.82, 2.24) is 4.90 Å². The Kier molecular flexibility index (Phi) is 6.15. The maximum Gasteiger partial charge on any atom is 0.234 e. The van der Waals surface area contributed by atoms with Gasteiger partial charge in [-0.05, 0) is 29.8 Å². The third-order valence-corrected chi connectivity index (χ3v) is 6.23. The molecule has 0 aliphatic carbocycles. The minimum Gasteiger partial charge on any atom is -0.497 e. The first kappa shape index (κ1) is 18.0. The van der Waals surface area contributed by atoms with Crippen LogP contribution in [0.4, 0.5) is 0 Å². The number of rotatable bonds is 6. The van der Waals surface area contributed by atoms with Gasteiger partial charge in [-0.15, -0.1) is 23.5 Å². The number of carbonyl (C=O) groups is 1. The van der Waals surface area contributed by atoms with Crippen molar-refractivity contribution in [1.29, 1.82) is 0 Å². The van der Waals surface area contributed by atoms with Crippen LogP contribution in [0.25, 0.3) is 0 Å². The number of ether oxygens (including phenoxy) is 2. The number of methoxy groups -OCH3 is 2. The summed E-state index contributed by atoms with van der Waals surface area (Å²) in [5, 5.41) is 0.00729. The molecule has 0 N–H and O–H groups in total. The van der Waals surface area contributed by atoms with Crippen molar-refractivity contribution in [2.24, 2.45) is 0 Å². The van der Waals surface area contributed by atoms with Gasteiger partial charge in [-0.25, -0.2) is 0 Å². The maximum atomic E-state index is 12.7. The lowest BCUT2D eigenvalue weighted by Crippen LogP contribution is -2.31. The number of carbonyl (C=O) groups excluding carboxylic acids is 1. The molecule has 1 heterocycles. The van der Waals surface area contributed by atoms with E-state index in [1.165, 1.54) is 0 Å². The average molecular weight is 376 g/mol. The minimum atomic E-state index is 0.00729. The zero-order valence-electron chi connectivity index (χ0n) is 14.3. The summed E-state index contributed by atoms with van der Waals surface area (Å²) in [5.41, 5.74) is 1.04. The highest BCUT2D eigenvalue weighted by Gasteiger charge is 2.31. The van der Waals surface area contributed by atoms with Gasteiger partial charge in [0.25, 0.3) is 0 Å². The molecule has 3 rings (SSSR count). The van der Waals surface area contributed by atoms with Gasteiger partial charge in [0.05, 0.1) is 20.0 Å². The van der Waals surface area contributed by atoms with E-state index < -0.39 is 0 Å². The van der Waals surface area contributed by atoms with E-state index in [0.717, 1.165) is 34.3 Å². The SMILES string of the molecule is COc1cc(OC)cc(C2SCCN2C(=O)CSc2ccccc2)c1. The number of hydrogen-bond donors (Lipinski definition) is 0. The Hall–Kier alpha value is -1.79. The molecule has 1 fully saturated rings. The number of amides is 1. The highest BCUT2D eigenvalue weighted by molar-refractivity contribution is 8.00. The Morgan fingerprint density at radius 2 is 1.84 bits per heavy atom. The highest BCUT2D eigenvalue weighted by atomic mass is 32.2. The molecule has 0 radical (unpaired) electrons. The van der Waals surface area contributed by atoms with Crippen LogP contribution in [0, 0.1) is 0 Å². The molecule has 6 heteroatoms. The van der Waals surface area contributed by atoms with E-state index in [0.29, 0.717) is 5.75 Å². The van der Waals surface area contributed by atoms with Crippen LogP contribution in [0.5, 0.6) is 11.5 Å². The van der Waals surface area contributed by atoms with E-state index in [4.69, 9.17) is 9.47 Å². The molecule has 0 spiro atoms. The lowest BCUT2D eigenvalue weighted by molar-refractivity contribution is -0.128. The average Bonchev–Trinajstić information content (AvgIpc) is 3.16. The van der Waals surface area contributed by atoms with Crippen LogP contribution in [0.3, 0.4) is 0 Å². The van der Waals surface area contributed by atoms with Gasteiger partial charge >= 0.3 is 0 Å². The number of nitrogens with zero attached hydrogens (tertiary/aromatic N) is 1. The topological polar surface area (TPSA) is 38.8 Å². The Labute approximate surface area is 156 Å². The summed E-state index contributed by atoms with van der Waals surface area (Å²) in [5.74, 6) is 3.03. The Morgan fingerprint density at radius 3 is 2.48 bits per heavy atom. The van der Waals surface area contributed by atoms with Crippen molar-refractivity contribution < 1.29 is 14.3 Å². The third kappa shape index (κ3) is 4.44. The van der Waals surface area contributed by atoms with Crippen LogP contribution in [0.15, 0.2) is 53.4 Å². The molecular formula is C19H21NO3S2. The van der Waals surface area contributed by atoms with Gasteiger partial charge in [0.1, 0.15) is 16.9 Å². The summed E-state index contributed by atoms with van der Waals surface area (Å²) >= 11 is 3.35. The van der Waals surface area contributed by atoms with Crippen LogP contribution in [0.1, 0.15) is 10.9 Å². The fourth-order valence-corrected chi connectivity index (χ4v) is 4.78. The van der Waals surface area contributed by atoms with Crippen molar-refractivity contribution in [2.45, 2.75) is 10.3 Å². The summed E-state index contributed by atoms with van der Waals surface area (Å²) in [4.78, 5) is 15.8. The second-order valence-corrected chi connectivity index (χ2v) is 7.79. The summed E-state index contributed by atoms with van der Waals surface area (Å²) in [6.07, 6.45) is 0. The quantitative estimate of drug-likeness (QED) is 0.712. The van der Waals surface area contributed by atoms with Gasteiger partial charge in [0.15, 0.2) is 0 Å². The van der Waals surface area contributed by atoms with Crippen LogP contribution in [-0.4, -0.2) is 43.1 Å². The highest BCUT2D eigenvalue weighted by Crippen LogP contribution is 2.41. The predicted octanol–water partition coefficient (Wildman–Crippen LogP) is 4.07. The predicted molar refractivity (Wildman–Crippen MR) is 104 cm³/mol. The first-order valence-corrected chi connectivity index (χ1v) is 10.1. The Morgan fingerprint density at radius 1 is 1.16 bits per heavy atom. The van der Waals surface area contributed by atoms with Gasteiger partial charge in [0.2, 0.25) is 5.91 Å². The molecule has 0 bridgehead atoms.